The molecular formula is C14H28ClNO. The van der Waals surface area contributed by atoms with Crippen LogP contribution in [0.1, 0.15) is 70.6 Å². The lowest BCUT2D eigenvalue weighted by molar-refractivity contribution is -0.116. The summed E-state index contributed by atoms with van der Waals surface area (Å²) in [5.41, 5.74) is 5.44. The van der Waals surface area contributed by atoms with Crippen LogP contribution in [0.4, 0.5) is 0 Å². The summed E-state index contributed by atoms with van der Waals surface area (Å²) in [5, 5.41) is 0. The molecule has 3 heteroatoms. The molecule has 0 aliphatic carbocycles. The van der Waals surface area contributed by atoms with Gasteiger partial charge in [0.1, 0.15) is 5.78 Å². The molecule has 0 bridgehead atoms. The third-order valence-corrected chi connectivity index (χ3v) is 3.36. The standard InChI is InChI=1S/C14H28ClNO/c15-13-14(17)11-9-7-5-3-1-2-4-6-8-10-12-16/h1-13,16H2. The monoisotopic (exact) mass is 261 g/mol. The van der Waals surface area contributed by atoms with Crippen molar-refractivity contribution in [2.45, 2.75) is 70.6 Å². The molecule has 0 aromatic heterocycles. The van der Waals surface area contributed by atoms with Gasteiger partial charge in [-0.15, -0.1) is 11.6 Å². The van der Waals surface area contributed by atoms with Crippen LogP contribution in [0.25, 0.3) is 0 Å². The predicted molar refractivity (Wildman–Crippen MR) is 75.6 cm³/mol. The van der Waals surface area contributed by atoms with E-state index in [1.54, 1.807) is 0 Å². The summed E-state index contributed by atoms with van der Waals surface area (Å²) in [5.74, 6) is 0.370. The fourth-order valence-electron chi connectivity index (χ4n) is 1.95. The maximum atomic E-state index is 10.9. The van der Waals surface area contributed by atoms with Gasteiger partial charge in [0, 0.05) is 6.42 Å². The Morgan fingerprint density at radius 3 is 1.59 bits per heavy atom. The van der Waals surface area contributed by atoms with E-state index in [0.29, 0.717) is 6.42 Å². The van der Waals surface area contributed by atoms with Crippen LogP contribution in [0, 0.1) is 0 Å². The molecule has 0 radical (unpaired) electrons. The maximum absolute atomic E-state index is 10.9. The first-order chi connectivity index (χ1) is 8.31. The molecule has 2 N–H and O–H groups in total. The molecule has 0 aromatic rings. The number of halogens is 1. The van der Waals surface area contributed by atoms with Crippen molar-refractivity contribution in [3.63, 3.8) is 0 Å². The normalized spacial score (nSPS) is 10.7. The predicted octanol–water partition coefficient (Wildman–Crippen LogP) is 4.04. The second-order valence-electron chi connectivity index (χ2n) is 4.75. The van der Waals surface area contributed by atoms with Gasteiger partial charge in [-0.25, -0.2) is 0 Å². The smallest absolute Gasteiger partial charge is 0.147 e. The van der Waals surface area contributed by atoms with Crippen molar-refractivity contribution < 1.29 is 4.79 Å². The van der Waals surface area contributed by atoms with Crippen molar-refractivity contribution in [3.05, 3.63) is 0 Å². The van der Waals surface area contributed by atoms with Crippen LogP contribution in [0.3, 0.4) is 0 Å². The first-order valence-electron chi connectivity index (χ1n) is 7.09. The van der Waals surface area contributed by atoms with Gasteiger partial charge in [-0.05, 0) is 19.4 Å². The van der Waals surface area contributed by atoms with Gasteiger partial charge in [0.15, 0.2) is 0 Å². The van der Waals surface area contributed by atoms with Crippen molar-refractivity contribution in [2.24, 2.45) is 5.73 Å². The van der Waals surface area contributed by atoms with Gasteiger partial charge in [0.25, 0.3) is 0 Å². The van der Waals surface area contributed by atoms with Crippen LogP contribution in [-0.2, 0) is 4.79 Å². The van der Waals surface area contributed by atoms with E-state index in [2.05, 4.69) is 0 Å². The molecule has 0 fully saturated rings. The Bertz CT molecular complexity index is 174. The molecule has 0 heterocycles. The summed E-state index contributed by atoms with van der Waals surface area (Å²) in [6.07, 6.45) is 13.3. The van der Waals surface area contributed by atoms with Gasteiger partial charge < -0.3 is 5.73 Å². The minimum Gasteiger partial charge on any atom is -0.330 e. The second kappa shape index (κ2) is 14.0. The summed E-state index contributed by atoms with van der Waals surface area (Å²) in [4.78, 5) is 10.9. The third-order valence-electron chi connectivity index (χ3n) is 3.06. The van der Waals surface area contributed by atoms with Gasteiger partial charge in [-0.3, -0.25) is 4.79 Å². The van der Waals surface area contributed by atoms with Crippen LogP contribution in [-0.4, -0.2) is 18.2 Å². The molecule has 102 valence electrons. The highest BCUT2D eigenvalue weighted by atomic mass is 35.5. The van der Waals surface area contributed by atoms with Crippen LogP contribution < -0.4 is 5.73 Å². The van der Waals surface area contributed by atoms with Gasteiger partial charge in [-0.1, -0.05) is 51.4 Å². The Balaban J connectivity index is 2.96. The van der Waals surface area contributed by atoms with Gasteiger partial charge in [0.05, 0.1) is 5.88 Å². The van der Waals surface area contributed by atoms with E-state index in [0.717, 1.165) is 13.0 Å². The minimum absolute atomic E-state index is 0.183. The SMILES string of the molecule is NCCCCCCCCCCCCC(=O)CCl. The van der Waals surface area contributed by atoms with Gasteiger partial charge >= 0.3 is 0 Å². The molecule has 0 aliphatic rings. The average Bonchev–Trinajstić information content (AvgIpc) is 2.35. The molecule has 2 nitrogen and oxygen atoms in total. The lowest BCUT2D eigenvalue weighted by Crippen LogP contribution is -1.98. The average molecular weight is 262 g/mol. The number of ketones is 1. The summed E-state index contributed by atoms with van der Waals surface area (Å²) >= 11 is 5.43. The number of unbranched alkanes of at least 4 members (excludes halogenated alkanes) is 9. The van der Waals surface area contributed by atoms with Crippen LogP contribution >= 0.6 is 11.6 Å². The van der Waals surface area contributed by atoms with Gasteiger partial charge in [0.2, 0.25) is 0 Å². The molecule has 0 unspecified atom stereocenters. The fraction of sp³-hybridized carbons (Fsp3) is 0.929. The van der Waals surface area contributed by atoms with Crippen molar-refractivity contribution in [1.82, 2.24) is 0 Å². The van der Waals surface area contributed by atoms with Gasteiger partial charge in [-0.2, -0.15) is 0 Å². The lowest BCUT2D eigenvalue weighted by atomic mass is 10.1. The van der Waals surface area contributed by atoms with Crippen molar-refractivity contribution in [2.75, 3.05) is 12.4 Å². The molecule has 0 aromatic carbocycles. The summed E-state index contributed by atoms with van der Waals surface area (Å²) in [6.45, 7) is 0.834. The molecule has 0 amide bonds. The molecule has 0 atom stereocenters. The molecule has 17 heavy (non-hydrogen) atoms. The first-order valence-corrected chi connectivity index (χ1v) is 7.62. The summed E-state index contributed by atoms with van der Waals surface area (Å²) in [7, 11) is 0. The van der Waals surface area contributed by atoms with E-state index in [-0.39, 0.29) is 11.7 Å². The van der Waals surface area contributed by atoms with Crippen LogP contribution in [0.15, 0.2) is 0 Å². The number of alkyl halides is 1. The van der Waals surface area contributed by atoms with E-state index in [1.807, 2.05) is 0 Å². The number of hydrogen-bond donors (Lipinski definition) is 1. The zero-order chi connectivity index (χ0) is 12.8. The Kier molecular flexibility index (Phi) is 13.9. The van der Waals surface area contributed by atoms with Crippen LogP contribution in [0.2, 0.25) is 0 Å². The zero-order valence-electron chi connectivity index (χ0n) is 11.1. The number of rotatable bonds is 13. The van der Waals surface area contributed by atoms with Crippen LogP contribution in [0.5, 0.6) is 0 Å². The second-order valence-corrected chi connectivity index (χ2v) is 5.01. The number of carbonyl (C=O) groups excluding carboxylic acids is 1. The highest BCUT2D eigenvalue weighted by Gasteiger charge is 1.98. The van der Waals surface area contributed by atoms with Crippen molar-refractivity contribution in [1.29, 1.82) is 0 Å². The number of carbonyl (C=O) groups is 1. The Morgan fingerprint density at radius 2 is 1.18 bits per heavy atom. The maximum Gasteiger partial charge on any atom is 0.147 e. The summed E-state index contributed by atoms with van der Waals surface area (Å²) in [6, 6.07) is 0. The number of nitrogens with two attached hydrogens (primary N) is 1. The van der Waals surface area contributed by atoms with E-state index < -0.39 is 0 Å². The lowest BCUT2D eigenvalue weighted by Gasteiger charge is -2.02. The Morgan fingerprint density at radius 1 is 0.765 bits per heavy atom. The summed E-state index contributed by atoms with van der Waals surface area (Å²) < 4.78 is 0. The largest absolute Gasteiger partial charge is 0.330 e. The molecular weight excluding hydrogens is 234 g/mol. The van der Waals surface area contributed by atoms with E-state index in [9.17, 15) is 4.79 Å². The minimum atomic E-state index is 0.183. The Hall–Kier alpha value is -0.0800. The third kappa shape index (κ3) is 13.9. The fourth-order valence-corrected chi connectivity index (χ4v) is 2.08. The number of Topliss-reactive ketones (excluding diaryl/α,β-unsaturated/α-hetero) is 1. The Labute approximate surface area is 111 Å². The topological polar surface area (TPSA) is 43.1 Å². The van der Waals surface area contributed by atoms with Crippen molar-refractivity contribution in [3.8, 4) is 0 Å². The quantitative estimate of drug-likeness (QED) is 0.402. The molecule has 0 aliphatic heterocycles. The molecule has 0 saturated carbocycles. The molecule has 0 spiro atoms. The van der Waals surface area contributed by atoms with E-state index in [4.69, 9.17) is 17.3 Å². The van der Waals surface area contributed by atoms with E-state index >= 15 is 0 Å². The molecule has 0 rings (SSSR count). The highest BCUT2D eigenvalue weighted by Crippen LogP contribution is 2.11. The number of hydrogen-bond acceptors (Lipinski definition) is 2. The van der Waals surface area contributed by atoms with Crippen molar-refractivity contribution >= 4 is 17.4 Å². The first kappa shape index (κ1) is 16.9. The molecule has 0 saturated heterocycles. The zero-order valence-corrected chi connectivity index (χ0v) is 11.8. The highest BCUT2D eigenvalue weighted by molar-refractivity contribution is 6.27. The van der Waals surface area contributed by atoms with E-state index in [1.165, 1.54) is 57.8 Å².